The molecule has 2 aromatic rings. The normalized spacial score (nSPS) is 11.3. The van der Waals surface area contributed by atoms with Crippen molar-refractivity contribution in [1.29, 1.82) is 0 Å². The maximum absolute atomic E-state index is 12.3. The molecule has 0 atom stereocenters. The molecular formula is C15H18N4O4. The fourth-order valence-electron chi connectivity index (χ4n) is 2.23. The van der Waals surface area contributed by atoms with E-state index in [1.54, 1.807) is 39.1 Å². The quantitative estimate of drug-likeness (QED) is 0.667. The zero-order valence-electron chi connectivity index (χ0n) is 13.1. The number of likely N-dealkylation sites (N-methyl/N-ethyl adjacent to an activating group) is 1. The van der Waals surface area contributed by atoms with E-state index in [1.165, 1.54) is 27.9 Å². The summed E-state index contributed by atoms with van der Waals surface area (Å²) in [6, 6.07) is 7.64. The smallest absolute Gasteiger partial charge is 0.294 e. The van der Waals surface area contributed by atoms with Crippen LogP contribution in [0.2, 0.25) is 0 Å². The summed E-state index contributed by atoms with van der Waals surface area (Å²) in [6.07, 6.45) is 1.49. The molecule has 23 heavy (non-hydrogen) atoms. The van der Waals surface area contributed by atoms with E-state index in [9.17, 15) is 20.0 Å². The number of hydrogen-bond donors (Lipinski definition) is 1. The summed E-state index contributed by atoms with van der Waals surface area (Å²) in [5.74, 6) is -0.371. The van der Waals surface area contributed by atoms with E-state index in [0.29, 0.717) is 0 Å². The largest absolute Gasteiger partial charge is 0.389 e. The SMILES string of the molecule is CN(CC(C)(C)O)C(=O)c1ccn(-c2ccccc2[N+](=O)[O-])n1. The summed E-state index contributed by atoms with van der Waals surface area (Å²) >= 11 is 0. The Morgan fingerprint density at radius 3 is 2.65 bits per heavy atom. The zero-order chi connectivity index (χ0) is 17.2. The highest BCUT2D eigenvalue weighted by molar-refractivity contribution is 5.92. The number of rotatable bonds is 5. The number of nitrogens with zero attached hydrogens (tertiary/aromatic N) is 4. The number of carbonyl (C=O) groups excluding carboxylic acids is 1. The van der Waals surface area contributed by atoms with Crippen LogP contribution < -0.4 is 0 Å². The van der Waals surface area contributed by atoms with Crippen LogP contribution in [0.4, 0.5) is 5.69 Å². The Balaban J connectivity index is 2.28. The second kappa shape index (κ2) is 6.17. The van der Waals surface area contributed by atoms with Gasteiger partial charge in [0.2, 0.25) is 0 Å². The number of aromatic nitrogens is 2. The van der Waals surface area contributed by atoms with Crippen molar-refractivity contribution in [2.45, 2.75) is 19.4 Å². The molecular weight excluding hydrogens is 300 g/mol. The average molecular weight is 318 g/mol. The van der Waals surface area contributed by atoms with Crippen LogP contribution in [0.1, 0.15) is 24.3 Å². The van der Waals surface area contributed by atoms with Crippen molar-refractivity contribution >= 4 is 11.6 Å². The average Bonchev–Trinajstić information content (AvgIpc) is 2.94. The predicted molar refractivity (Wildman–Crippen MR) is 83.5 cm³/mol. The molecule has 1 amide bonds. The van der Waals surface area contributed by atoms with Crippen LogP contribution in [0.5, 0.6) is 0 Å². The molecule has 8 heteroatoms. The first-order valence-electron chi connectivity index (χ1n) is 6.96. The van der Waals surface area contributed by atoms with E-state index in [4.69, 9.17) is 0 Å². The third-order valence-corrected chi connectivity index (χ3v) is 3.10. The molecule has 122 valence electrons. The molecule has 0 fully saturated rings. The molecule has 1 heterocycles. The van der Waals surface area contributed by atoms with Crippen LogP contribution in [0.25, 0.3) is 5.69 Å². The standard InChI is InChI=1S/C15H18N4O4/c1-15(2,21)10-17(3)14(20)11-8-9-18(16-11)12-6-4-5-7-13(12)19(22)23/h4-9,21H,10H2,1-3H3. The lowest BCUT2D eigenvalue weighted by Crippen LogP contribution is -2.39. The Morgan fingerprint density at radius 2 is 2.04 bits per heavy atom. The molecule has 0 saturated carbocycles. The van der Waals surface area contributed by atoms with Gasteiger partial charge in [-0.1, -0.05) is 12.1 Å². The summed E-state index contributed by atoms with van der Waals surface area (Å²) in [5.41, 5.74) is -0.693. The molecule has 0 aliphatic heterocycles. The Hall–Kier alpha value is -2.74. The maximum Gasteiger partial charge on any atom is 0.294 e. The van der Waals surface area contributed by atoms with E-state index < -0.39 is 10.5 Å². The molecule has 8 nitrogen and oxygen atoms in total. The Bertz CT molecular complexity index is 733. The summed E-state index contributed by atoms with van der Waals surface area (Å²) in [6.45, 7) is 3.34. The van der Waals surface area contributed by atoms with Gasteiger partial charge in [0, 0.05) is 25.9 Å². The Labute approximate surface area is 133 Å². The third kappa shape index (κ3) is 3.92. The summed E-state index contributed by atoms with van der Waals surface area (Å²) in [7, 11) is 1.56. The van der Waals surface area contributed by atoms with E-state index in [0.717, 1.165) is 0 Å². The Kier molecular flexibility index (Phi) is 4.46. The molecule has 0 aliphatic rings. The number of nitro groups is 1. The van der Waals surface area contributed by atoms with Crippen molar-refractivity contribution < 1.29 is 14.8 Å². The highest BCUT2D eigenvalue weighted by Gasteiger charge is 2.23. The highest BCUT2D eigenvalue weighted by atomic mass is 16.6. The van der Waals surface area contributed by atoms with Crippen LogP contribution in [-0.4, -0.2) is 49.8 Å². The van der Waals surface area contributed by atoms with Crippen LogP contribution in [0.15, 0.2) is 36.5 Å². The molecule has 0 aliphatic carbocycles. The van der Waals surface area contributed by atoms with Gasteiger partial charge in [0.1, 0.15) is 5.69 Å². The lowest BCUT2D eigenvalue weighted by Gasteiger charge is -2.24. The number of para-hydroxylation sites is 2. The van der Waals surface area contributed by atoms with Gasteiger partial charge in [0.15, 0.2) is 5.69 Å². The minimum absolute atomic E-state index is 0.0977. The van der Waals surface area contributed by atoms with Crippen LogP contribution in [0, 0.1) is 10.1 Å². The van der Waals surface area contributed by atoms with Gasteiger partial charge in [0.25, 0.3) is 11.6 Å². The molecule has 2 rings (SSSR count). The molecule has 1 aromatic heterocycles. The monoisotopic (exact) mass is 318 g/mol. The Morgan fingerprint density at radius 1 is 1.39 bits per heavy atom. The van der Waals surface area contributed by atoms with Gasteiger partial charge >= 0.3 is 0 Å². The lowest BCUT2D eigenvalue weighted by molar-refractivity contribution is -0.384. The predicted octanol–water partition coefficient (Wildman–Crippen LogP) is 1.62. The van der Waals surface area contributed by atoms with Crippen LogP contribution in [0.3, 0.4) is 0 Å². The van der Waals surface area contributed by atoms with E-state index in [2.05, 4.69) is 5.10 Å². The third-order valence-electron chi connectivity index (χ3n) is 3.10. The van der Waals surface area contributed by atoms with Gasteiger partial charge in [-0.15, -0.1) is 0 Å². The van der Waals surface area contributed by atoms with Gasteiger partial charge in [-0.05, 0) is 26.0 Å². The fourth-order valence-corrected chi connectivity index (χ4v) is 2.23. The minimum atomic E-state index is -1.02. The highest BCUT2D eigenvalue weighted by Crippen LogP contribution is 2.21. The first-order chi connectivity index (χ1) is 10.7. The number of hydrogen-bond acceptors (Lipinski definition) is 5. The van der Waals surface area contributed by atoms with Crippen LogP contribution in [-0.2, 0) is 0 Å². The van der Waals surface area contributed by atoms with Gasteiger partial charge in [0.05, 0.1) is 10.5 Å². The number of benzene rings is 1. The van der Waals surface area contributed by atoms with Gasteiger partial charge in [-0.2, -0.15) is 5.10 Å². The second-order valence-corrected chi connectivity index (χ2v) is 5.87. The second-order valence-electron chi connectivity index (χ2n) is 5.87. The fraction of sp³-hybridized carbons (Fsp3) is 0.333. The first kappa shape index (κ1) is 16.6. The maximum atomic E-state index is 12.3. The first-order valence-corrected chi connectivity index (χ1v) is 6.96. The van der Waals surface area contributed by atoms with E-state index in [-0.39, 0.29) is 29.5 Å². The summed E-state index contributed by atoms with van der Waals surface area (Å²) in [4.78, 5) is 24.2. The summed E-state index contributed by atoms with van der Waals surface area (Å²) in [5, 5.41) is 24.9. The van der Waals surface area contributed by atoms with Crippen molar-refractivity contribution in [3.63, 3.8) is 0 Å². The number of nitro benzene ring substituents is 1. The zero-order valence-corrected chi connectivity index (χ0v) is 13.1. The van der Waals surface area contributed by atoms with Gasteiger partial charge in [-0.3, -0.25) is 14.9 Å². The van der Waals surface area contributed by atoms with Crippen molar-refractivity contribution in [2.75, 3.05) is 13.6 Å². The van der Waals surface area contributed by atoms with Crippen molar-refractivity contribution in [3.8, 4) is 5.69 Å². The topological polar surface area (TPSA) is 102 Å². The van der Waals surface area contributed by atoms with Crippen molar-refractivity contribution in [1.82, 2.24) is 14.7 Å². The van der Waals surface area contributed by atoms with E-state index in [1.807, 2.05) is 0 Å². The molecule has 0 spiro atoms. The van der Waals surface area contributed by atoms with Gasteiger partial charge in [-0.25, -0.2) is 4.68 Å². The van der Waals surface area contributed by atoms with E-state index >= 15 is 0 Å². The lowest BCUT2D eigenvalue weighted by atomic mass is 10.1. The molecule has 1 N–H and O–H groups in total. The minimum Gasteiger partial charge on any atom is -0.389 e. The number of carbonyl (C=O) groups is 1. The molecule has 0 radical (unpaired) electrons. The molecule has 0 saturated heterocycles. The van der Waals surface area contributed by atoms with Gasteiger partial charge < -0.3 is 10.0 Å². The molecule has 0 unspecified atom stereocenters. The molecule has 1 aromatic carbocycles. The number of amides is 1. The van der Waals surface area contributed by atoms with Crippen molar-refractivity contribution in [2.24, 2.45) is 0 Å². The molecule has 0 bridgehead atoms. The summed E-state index contributed by atoms with van der Waals surface area (Å²) < 4.78 is 1.29. The van der Waals surface area contributed by atoms with Crippen LogP contribution >= 0.6 is 0 Å². The number of aliphatic hydroxyl groups is 1. The van der Waals surface area contributed by atoms with Crippen molar-refractivity contribution in [3.05, 3.63) is 52.3 Å².